The summed E-state index contributed by atoms with van der Waals surface area (Å²) < 4.78 is 41.5. The van der Waals surface area contributed by atoms with Crippen molar-refractivity contribution in [3.63, 3.8) is 0 Å². The van der Waals surface area contributed by atoms with E-state index < -0.39 is 12.1 Å². The normalized spacial score (nSPS) is 16.6. The van der Waals surface area contributed by atoms with Gasteiger partial charge in [-0.3, -0.25) is 4.79 Å². The van der Waals surface area contributed by atoms with Crippen molar-refractivity contribution < 1.29 is 22.5 Å². The van der Waals surface area contributed by atoms with Crippen molar-refractivity contribution in [2.24, 2.45) is 5.92 Å². The van der Waals surface area contributed by atoms with Gasteiger partial charge in [-0.1, -0.05) is 48.3 Å². The van der Waals surface area contributed by atoms with Crippen LogP contribution < -0.4 is 5.32 Å². The maximum absolute atomic E-state index is 12.7. The standard InChI is InChI=1S/C18H20F3N3O2/c19-18(20,21)17-23-14(24-26-17)10-11-22-16(25)15(13-8-4-5-9-13)12-6-2-1-3-7-12/h1-3,6-7,13,15H,4-5,8-11H2,(H,22,25). The van der Waals surface area contributed by atoms with Crippen LogP contribution in [0.5, 0.6) is 0 Å². The van der Waals surface area contributed by atoms with Crippen molar-refractivity contribution in [2.75, 3.05) is 6.54 Å². The van der Waals surface area contributed by atoms with E-state index >= 15 is 0 Å². The van der Waals surface area contributed by atoms with Crippen molar-refractivity contribution >= 4 is 5.91 Å². The van der Waals surface area contributed by atoms with E-state index in [4.69, 9.17) is 0 Å². The summed E-state index contributed by atoms with van der Waals surface area (Å²) in [5.74, 6) is -1.50. The highest BCUT2D eigenvalue weighted by atomic mass is 19.4. The molecule has 2 aromatic rings. The first-order valence-corrected chi connectivity index (χ1v) is 8.67. The van der Waals surface area contributed by atoms with E-state index in [0.29, 0.717) is 5.92 Å². The number of alkyl halides is 3. The van der Waals surface area contributed by atoms with Gasteiger partial charge in [0.2, 0.25) is 5.91 Å². The molecule has 1 aromatic heterocycles. The lowest BCUT2D eigenvalue weighted by molar-refractivity contribution is -0.159. The minimum absolute atomic E-state index is 0.0743. The molecule has 1 heterocycles. The van der Waals surface area contributed by atoms with Gasteiger partial charge in [0.1, 0.15) is 0 Å². The highest BCUT2D eigenvalue weighted by Gasteiger charge is 2.38. The van der Waals surface area contributed by atoms with Crippen LogP contribution in [0, 0.1) is 5.92 Å². The third-order valence-corrected chi connectivity index (χ3v) is 4.67. The Labute approximate surface area is 149 Å². The van der Waals surface area contributed by atoms with Gasteiger partial charge >= 0.3 is 12.1 Å². The zero-order valence-electron chi connectivity index (χ0n) is 14.1. The lowest BCUT2D eigenvalue weighted by Crippen LogP contribution is -2.34. The second kappa shape index (κ2) is 7.88. The summed E-state index contributed by atoms with van der Waals surface area (Å²) in [5, 5.41) is 6.12. The van der Waals surface area contributed by atoms with Crippen LogP contribution in [0.4, 0.5) is 13.2 Å². The van der Waals surface area contributed by atoms with Gasteiger partial charge in [0.25, 0.3) is 0 Å². The van der Waals surface area contributed by atoms with Gasteiger partial charge in [-0.15, -0.1) is 0 Å². The number of halogens is 3. The summed E-state index contributed by atoms with van der Waals surface area (Å²) in [5.41, 5.74) is 0.968. The maximum Gasteiger partial charge on any atom is 0.471 e. The van der Waals surface area contributed by atoms with Crippen LogP contribution in [0.25, 0.3) is 0 Å². The molecular formula is C18H20F3N3O2. The van der Waals surface area contributed by atoms with Crippen LogP contribution in [0.3, 0.4) is 0 Å². The predicted molar refractivity (Wildman–Crippen MR) is 87.2 cm³/mol. The molecule has 26 heavy (non-hydrogen) atoms. The average molecular weight is 367 g/mol. The Hall–Kier alpha value is -2.38. The number of carbonyl (C=O) groups is 1. The van der Waals surface area contributed by atoms with Gasteiger partial charge in [0.05, 0.1) is 5.92 Å². The fourth-order valence-electron chi connectivity index (χ4n) is 3.47. The molecule has 0 aliphatic heterocycles. The molecule has 1 saturated carbocycles. The Morgan fingerprint density at radius 3 is 2.54 bits per heavy atom. The average Bonchev–Trinajstić information content (AvgIpc) is 3.28. The number of benzene rings is 1. The molecule has 0 spiro atoms. The molecule has 140 valence electrons. The van der Waals surface area contributed by atoms with Gasteiger partial charge < -0.3 is 9.84 Å². The Balaban J connectivity index is 1.60. The van der Waals surface area contributed by atoms with Crippen molar-refractivity contribution in [3.05, 3.63) is 47.6 Å². The molecule has 3 rings (SSSR count). The van der Waals surface area contributed by atoms with E-state index in [1.807, 2.05) is 30.3 Å². The Bertz CT molecular complexity index is 725. The number of amides is 1. The zero-order chi connectivity index (χ0) is 18.6. The fraction of sp³-hybridized carbons (Fsp3) is 0.500. The molecule has 1 aromatic carbocycles. The second-order valence-corrected chi connectivity index (χ2v) is 6.49. The van der Waals surface area contributed by atoms with Gasteiger partial charge in [0.15, 0.2) is 5.82 Å². The summed E-state index contributed by atoms with van der Waals surface area (Å²) in [7, 11) is 0. The van der Waals surface area contributed by atoms with Crippen molar-refractivity contribution in [3.8, 4) is 0 Å². The number of hydrogen-bond acceptors (Lipinski definition) is 4. The van der Waals surface area contributed by atoms with Crippen molar-refractivity contribution in [1.82, 2.24) is 15.5 Å². The van der Waals surface area contributed by atoms with Crippen LogP contribution >= 0.6 is 0 Å². The molecule has 1 aliphatic rings. The number of nitrogens with one attached hydrogen (secondary N) is 1. The van der Waals surface area contributed by atoms with Gasteiger partial charge in [-0.2, -0.15) is 18.2 Å². The van der Waals surface area contributed by atoms with E-state index in [1.54, 1.807) is 0 Å². The minimum atomic E-state index is -4.66. The highest BCUT2D eigenvalue weighted by Crippen LogP contribution is 2.37. The minimum Gasteiger partial charge on any atom is -0.355 e. The van der Waals surface area contributed by atoms with E-state index in [0.717, 1.165) is 31.2 Å². The van der Waals surface area contributed by atoms with Gasteiger partial charge in [-0.05, 0) is 24.3 Å². The first-order valence-electron chi connectivity index (χ1n) is 8.67. The molecule has 0 radical (unpaired) electrons. The van der Waals surface area contributed by atoms with Crippen molar-refractivity contribution in [1.29, 1.82) is 0 Å². The lowest BCUT2D eigenvalue weighted by Gasteiger charge is -2.23. The Morgan fingerprint density at radius 1 is 1.23 bits per heavy atom. The molecule has 1 atom stereocenters. The van der Waals surface area contributed by atoms with E-state index in [9.17, 15) is 18.0 Å². The van der Waals surface area contributed by atoms with E-state index in [1.165, 1.54) is 0 Å². The SMILES string of the molecule is O=C(NCCc1noc(C(F)(F)F)n1)C(c1ccccc1)C1CCCC1. The van der Waals surface area contributed by atoms with Crippen LogP contribution in [-0.2, 0) is 17.4 Å². The third-order valence-electron chi connectivity index (χ3n) is 4.67. The van der Waals surface area contributed by atoms with Gasteiger partial charge in [0, 0.05) is 13.0 Å². The first kappa shape index (κ1) is 18.4. The van der Waals surface area contributed by atoms with Crippen LogP contribution in [0.1, 0.15) is 48.9 Å². The molecule has 1 amide bonds. The zero-order valence-corrected chi connectivity index (χ0v) is 14.1. The molecule has 1 unspecified atom stereocenters. The van der Waals surface area contributed by atoms with Crippen LogP contribution in [0.15, 0.2) is 34.9 Å². The van der Waals surface area contributed by atoms with E-state index in [-0.39, 0.29) is 30.6 Å². The van der Waals surface area contributed by atoms with Crippen molar-refractivity contribution in [2.45, 2.75) is 44.2 Å². The smallest absolute Gasteiger partial charge is 0.355 e. The molecular weight excluding hydrogens is 347 g/mol. The molecule has 5 nitrogen and oxygen atoms in total. The summed E-state index contributed by atoms with van der Waals surface area (Å²) in [6.07, 6.45) is -0.332. The monoisotopic (exact) mass is 367 g/mol. The fourth-order valence-corrected chi connectivity index (χ4v) is 3.47. The van der Waals surface area contributed by atoms with E-state index in [2.05, 4.69) is 20.0 Å². The molecule has 8 heteroatoms. The molecule has 1 fully saturated rings. The number of carbonyl (C=O) groups excluding carboxylic acids is 1. The summed E-state index contributed by atoms with van der Waals surface area (Å²) in [4.78, 5) is 16.0. The number of aromatic nitrogens is 2. The number of rotatable bonds is 6. The summed E-state index contributed by atoms with van der Waals surface area (Å²) in [6.45, 7) is 0.158. The molecule has 1 aliphatic carbocycles. The Morgan fingerprint density at radius 2 is 1.92 bits per heavy atom. The Kier molecular flexibility index (Phi) is 5.58. The summed E-state index contributed by atoms with van der Waals surface area (Å²) >= 11 is 0. The summed E-state index contributed by atoms with van der Waals surface area (Å²) in [6, 6.07) is 9.60. The first-order chi connectivity index (χ1) is 12.4. The van der Waals surface area contributed by atoms with Gasteiger partial charge in [-0.25, -0.2) is 0 Å². The molecule has 1 N–H and O–H groups in total. The third kappa shape index (κ3) is 4.42. The molecule has 0 bridgehead atoms. The topological polar surface area (TPSA) is 68.0 Å². The highest BCUT2D eigenvalue weighted by molar-refractivity contribution is 5.84. The number of hydrogen-bond donors (Lipinski definition) is 1. The lowest BCUT2D eigenvalue weighted by atomic mass is 9.84. The number of nitrogens with zero attached hydrogens (tertiary/aromatic N) is 2. The molecule has 0 saturated heterocycles. The maximum atomic E-state index is 12.7. The van der Waals surface area contributed by atoms with Crippen LogP contribution in [-0.4, -0.2) is 22.6 Å². The van der Waals surface area contributed by atoms with Crippen LogP contribution in [0.2, 0.25) is 0 Å². The second-order valence-electron chi connectivity index (χ2n) is 6.49. The predicted octanol–water partition coefficient (Wildman–Crippen LogP) is 3.72. The largest absolute Gasteiger partial charge is 0.471 e. The quantitative estimate of drug-likeness (QED) is 0.845.